The minimum atomic E-state index is -1.27. The summed E-state index contributed by atoms with van der Waals surface area (Å²) in [5.74, 6) is -3.14. The van der Waals surface area contributed by atoms with Crippen LogP contribution in [0.15, 0.2) is 4.99 Å². The van der Waals surface area contributed by atoms with E-state index in [1.807, 2.05) is 0 Å². The number of nitrogens with two attached hydrogens (primary N) is 3. The Bertz CT molecular complexity index is 667. The van der Waals surface area contributed by atoms with Gasteiger partial charge in [0.15, 0.2) is 5.96 Å². The van der Waals surface area contributed by atoms with Crippen LogP contribution in [0.5, 0.6) is 0 Å². The van der Waals surface area contributed by atoms with Crippen LogP contribution in [0, 0.1) is 0 Å². The normalized spacial score (nSPS) is 18.8. The summed E-state index contributed by atoms with van der Waals surface area (Å²) in [4.78, 5) is 53.3. The number of hydrogen-bond acceptors (Lipinski definition) is 7. The van der Waals surface area contributed by atoms with Gasteiger partial charge in [0.05, 0.1) is 12.6 Å². The van der Waals surface area contributed by atoms with Crippen molar-refractivity contribution in [2.24, 2.45) is 22.2 Å². The maximum absolute atomic E-state index is 12.8. The fourth-order valence-corrected chi connectivity index (χ4v) is 2.99. The molecule has 1 rings (SSSR count). The maximum Gasteiger partial charge on any atom is 0.325 e. The molecule has 0 aromatic rings. The van der Waals surface area contributed by atoms with Crippen molar-refractivity contribution in [3.8, 4) is 0 Å². The third kappa shape index (κ3) is 7.48. The molecule has 13 heteroatoms. The first-order valence-electron chi connectivity index (χ1n) is 9.64. The van der Waals surface area contributed by atoms with Gasteiger partial charge in [-0.2, -0.15) is 0 Å². The smallest absolute Gasteiger partial charge is 0.325 e. The number of aliphatic hydroxyl groups is 1. The molecule has 3 amide bonds. The van der Waals surface area contributed by atoms with Gasteiger partial charge in [0, 0.05) is 13.1 Å². The molecule has 0 radical (unpaired) electrons. The van der Waals surface area contributed by atoms with Gasteiger partial charge >= 0.3 is 5.97 Å². The van der Waals surface area contributed by atoms with Crippen molar-refractivity contribution in [1.82, 2.24) is 15.5 Å². The van der Waals surface area contributed by atoms with E-state index < -0.39 is 54.5 Å². The SMILES string of the molecule is C[C@H](NC(=O)[C@@H]1CCCN1C(=O)[C@H](CO)NC(=O)[C@@H](N)CCCN=C(N)N)C(=O)O. The van der Waals surface area contributed by atoms with Crippen molar-refractivity contribution in [2.45, 2.75) is 56.8 Å². The van der Waals surface area contributed by atoms with Gasteiger partial charge < -0.3 is 42.9 Å². The summed E-state index contributed by atoms with van der Waals surface area (Å²) in [7, 11) is 0. The van der Waals surface area contributed by atoms with Crippen LogP contribution in [0.25, 0.3) is 0 Å². The summed E-state index contributed by atoms with van der Waals surface area (Å²) in [5, 5.41) is 23.2. The van der Waals surface area contributed by atoms with Crippen molar-refractivity contribution in [1.29, 1.82) is 0 Å². The zero-order valence-electron chi connectivity index (χ0n) is 16.9. The van der Waals surface area contributed by atoms with Crippen molar-refractivity contribution < 1.29 is 29.4 Å². The van der Waals surface area contributed by atoms with Gasteiger partial charge in [-0.3, -0.25) is 24.2 Å². The molecule has 1 fully saturated rings. The second kappa shape index (κ2) is 11.9. The van der Waals surface area contributed by atoms with Gasteiger partial charge in [0.25, 0.3) is 0 Å². The zero-order valence-corrected chi connectivity index (χ0v) is 16.9. The minimum Gasteiger partial charge on any atom is -0.480 e. The largest absolute Gasteiger partial charge is 0.480 e. The number of guanidine groups is 1. The number of nitrogens with one attached hydrogen (secondary N) is 2. The number of amides is 3. The fraction of sp³-hybridized carbons (Fsp3) is 0.706. The Hall–Kier alpha value is -2.93. The molecule has 1 aliphatic heterocycles. The van der Waals surface area contributed by atoms with Crippen LogP contribution in [0.2, 0.25) is 0 Å². The lowest BCUT2D eigenvalue weighted by atomic mass is 10.1. The number of hydrogen-bond donors (Lipinski definition) is 7. The molecule has 0 saturated carbocycles. The zero-order chi connectivity index (χ0) is 22.8. The Morgan fingerprint density at radius 1 is 1.23 bits per heavy atom. The minimum absolute atomic E-state index is 0.0686. The summed E-state index contributed by atoms with van der Waals surface area (Å²) in [6, 6.07) is -4.19. The van der Waals surface area contributed by atoms with Gasteiger partial charge in [0.2, 0.25) is 17.7 Å². The highest BCUT2D eigenvalue weighted by atomic mass is 16.4. The number of carbonyl (C=O) groups is 4. The highest BCUT2D eigenvalue weighted by molar-refractivity contribution is 5.94. The number of rotatable bonds is 11. The number of carboxylic acids is 1. The van der Waals surface area contributed by atoms with E-state index in [-0.39, 0.29) is 18.9 Å². The first kappa shape index (κ1) is 25.1. The summed E-state index contributed by atoms with van der Waals surface area (Å²) in [5.41, 5.74) is 16.2. The first-order valence-corrected chi connectivity index (χ1v) is 9.64. The molecule has 4 atom stereocenters. The number of nitrogens with zero attached hydrogens (tertiary/aromatic N) is 2. The monoisotopic (exact) mass is 429 g/mol. The molecule has 1 heterocycles. The van der Waals surface area contributed by atoms with Crippen LogP contribution in [0.4, 0.5) is 0 Å². The highest BCUT2D eigenvalue weighted by Gasteiger charge is 2.38. The number of likely N-dealkylation sites (tertiary alicyclic amines) is 1. The van der Waals surface area contributed by atoms with Gasteiger partial charge in [-0.1, -0.05) is 0 Å². The van der Waals surface area contributed by atoms with Crippen LogP contribution in [0.1, 0.15) is 32.6 Å². The predicted molar refractivity (Wildman–Crippen MR) is 107 cm³/mol. The van der Waals surface area contributed by atoms with Crippen LogP contribution < -0.4 is 27.8 Å². The average molecular weight is 429 g/mol. The van der Waals surface area contributed by atoms with Crippen LogP contribution in [0.3, 0.4) is 0 Å². The summed E-state index contributed by atoms with van der Waals surface area (Å²) in [6.45, 7) is 1.18. The Labute approximate surface area is 174 Å². The second-order valence-corrected chi connectivity index (χ2v) is 7.06. The molecular weight excluding hydrogens is 398 g/mol. The Morgan fingerprint density at radius 2 is 1.90 bits per heavy atom. The lowest BCUT2D eigenvalue weighted by molar-refractivity contribution is -0.145. The van der Waals surface area contributed by atoms with E-state index in [2.05, 4.69) is 15.6 Å². The van der Waals surface area contributed by atoms with Crippen molar-refractivity contribution >= 4 is 29.7 Å². The Kier molecular flexibility index (Phi) is 9.98. The molecule has 0 aliphatic carbocycles. The molecule has 1 saturated heterocycles. The van der Waals surface area contributed by atoms with E-state index >= 15 is 0 Å². The molecular formula is C17H31N7O6. The lowest BCUT2D eigenvalue weighted by Gasteiger charge is -2.28. The number of aliphatic imine (C=N–C) groups is 1. The molecule has 0 spiro atoms. The summed E-state index contributed by atoms with van der Waals surface area (Å²) >= 11 is 0. The number of aliphatic hydroxyl groups excluding tert-OH is 1. The summed E-state index contributed by atoms with van der Waals surface area (Å²) in [6.07, 6.45) is 1.58. The third-order valence-electron chi connectivity index (χ3n) is 4.67. The molecule has 0 aromatic carbocycles. The molecule has 13 nitrogen and oxygen atoms in total. The number of carbonyl (C=O) groups excluding carboxylic acids is 3. The highest BCUT2D eigenvalue weighted by Crippen LogP contribution is 2.19. The molecule has 1 aliphatic rings. The number of aliphatic carboxylic acids is 1. The van der Waals surface area contributed by atoms with E-state index in [1.165, 1.54) is 11.8 Å². The standard InChI is InChI=1S/C17H31N7O6/c1-9(16(29)30)22-14(27)12-5-3-7-24(12)15(28)11(8-25)23-13(26)10(18)4-2-6-21-17(19)20/h9-12,25H,2-8,18H2,1H3,(H,22,27)(H,23,26)(H,29,30)(H4,19,20,21)/t9-,10-,11-,12-/m0/s1. The van der Waals surface area contributed by atoms with Gasteiger partial charge in [-0.15, -0.1) is 0 Å². The third-order valence-corrected chi connectivity index (χ3v) is 4.67. The predicted octanol–water partition coefficient (Wildman–Crippen LogP) is -3.58. The second-order valence-electron chi connectivity index (χ2n) is 7.06. The van der Waals surface area contributed by atoms with Crippen LogP contribution in [-0.4, -0.2) is 88.6 Å². The van der Waals surface area contributed by atoms with Crippen molar-refractivity contribution in [2.75, 3.05) is 19.7 Å². The van der Waals surface area contributed by atoms with Gasteiger partial charge in [0.1, 0.15) is 18.1 Å². The van der Waals surface area contributed by atoms with E-state index in [1.54, 1.807) is 0 Å². The fourth-order valence-electron chi connectivity index (χ4n) is 2.99. The van der Waals surface area contributed by atoms with E-state index in [0.29, 0.717) is 25.8 Å². The average Bonchev–Trinajstić information content (AvgIpc) is 3.18. The van der Waals surface area contributed by atoms with E-state index in [4.69, 9.17) is 22.3 Å². The molecule has 170 valence electrons. The topological polar surface area (TPSA) is 226 Å². The van der Waals surface area contributed by atoms with Crippen LogP contribution >= 0.6 is 0 Å². The van der Waals surface area contributed by atoms with Crippen LogP contribution in [-0.2, 0) is 19.2 Å². The number of carboxylic acid groups (broad SMARTS) is 1. The molecule has 0 bridgehead atoms. The van der Waals surface area contributed by atoms with Gasteiger partial charge in [-0.05, 0) is 32.6 Å². The summed E-state index contributed by atoms with van der Waals surface area (Å²) < 4.78 is 0. The maximum atomic E-state index is 12.8. The molecule has 10 N–H and O–H groups in total. The van der Waals surface area contributed by atoms with E-state index in [0.717, 1.165) is 0 Å². The lowest BCUT2D eigenvalue weighted by Crippen LogP contribution is -2.57. The molecule has 0 aromatic heterocycles. The Balaban J connectivity index is 2.67. The van der Waals surface area contributed by atoms with Crippen molar-refractivity contribution in [3.63, 3.8) is 0 Å². The Morgan fingerprint density at radius 3 is 2.47 bits per heavy atom. The molecule has 30 heavy (non-hydrogen) atoms. The van der Waals surface area contributed by atoms with Gasteiger partial charge in [-0.25, -0.2) is 0 Å². The van der Waals surface area contributed by atoms with Crippen molar-refractivity contribution in [3.05, 3.63) is 0 Å². The van der Waals surface area contributed by atoms with E-state index in [9.17, 15) is 24.3 Å². The first-order chi connectivity index (χ1) is 14.1. The molecule has 0 unspecified atom stereocenters. The quantitative estimate of drug-likeness (QED) is 0.0977.